The first-order chi connectivity index (χ1) is 31.0. The summed E-state index contributed by atoms with van der Waals surface area (Å²) in [6, 6.07) is 0. The second-order valence-electron chi connectivity index (χ2n) is 16.9. The number of ether oxygens (including phenoxy) is 3. The fourth-order valence-electron chi connectivity index (χ4n) is 6.88. The molecule has 0 bridgehead atoms. The van der Waals surface area contributed by atoms with Gasteiger partial charge in [0.2, 0.25) is 0 Å². The van der Waals surface area contributed by atoms with Gasteiger partial charge in [-0.25, -0.2) is 0 Å². The first-order valence-corrected chi connectivity index (χ1v) is 25.8. The molecule has 0 saturated carbocycles. The maximum atomic E-state index is 12.8. The van der Waals surface area contributed by atoms with Crippen molar-refractivity contribution in [1.29, 1.82) is 0 Å². The Kier molecular flexibility index (Phi) is 48.0. The molecule has 6 heteroatoms. The van der Waals surface area contributed by atoms with E-state index in [1.165, 1.54) is 116 Å². The highest BCUT2D eigenvalue weighted by Crippen LogP contribution is 2.15. The van der Waals surface area contributed by atoms with Crippen LogP contribution in [0.1, 0.15) is 226 Å². The third-order valence-corrected chi connectivity index (χ3v) is 10.7. The summed E-state index contributed by atoms with van der Waals surface area (Å²) < 4.78 is 16.7. The van der Waals surface area contributed by atoms with Gasteiger partial charge in [0.25, 0.3) is 0 Å². The molecule has 0 N–H and O–H groups in total. The minimum atomic E-state index is -0.817. The van der Waals surface area contributed by atoms with Crippen LogP contribution in [-0.4, -0.2) is 37.2 Å². The van der Waals surface area contributed by atoms with E-state index in [0.717, 1.165) is 64.2 Å². The summed E-state index contributed by atoms with van der Waals surface area (Å²) in [5, 5.41) is 0. The smallest absolute Gasteiger partial charge is 0.306 e. The number of rotatable bonds is 45. The maximum absolute atomic E-state index is 12.8. The van der Waals surface area contributed by atoms with Gasteiger partial charge in [-0.05, 0) is 57.8 Å². The number of allylic oxidation sites excluding steroid dienone is 16. The first kappa shape index (κ1) is 59.3. The van der Waals surface area contributed by atoms with E-state index in [9.17, 15) is 14.4 Å². The molecule has 1 atom stereocenters. The lowest BCUT2D eigenvalue weighted by molar-refractivity contribution is -0.166. The molecular weight excluding hydrogens is 781 g/mol. The number of hydrogen-bond acceptors (Lipinski definition) is 6. The van der Waals surface area contributed by atoms with Gasteiger partial charge >= 0.3 is 17.9 Å². The largest absolute Gasteiger partial charge is 0.462 e. The topological polar surface area (TPSA) is 78.9 Å². The zero-order valence-corrected chi connectivity index (χ0v) is 40.8. The van der Waals surface area contributed by atoms with Gasteiger partial charge in [-0.2, -0.15) is 0 Å². The van der Waals surface area contributed by atoms with Crippen LogP contribution in [0.2, 0.25) is 0 Å². The van der Waals surface area contributed by atoms with Crippen molar-refractivity contribution in [3.05, 3.63) is 97.2 Å². The van der Waals surface area contributed by atoms with E-state index in [1.54, 1.807) is 0 Å². The molecule has 0 aromatic carbocycles. The molecule has 1 unspecified atom stereocenters. The summed E-state index contributed by atoms with van der Waals surface area (Å²) in [7, 11) is 0. The van der Waals surface area contributed by atoms with E-state index in [0.29, 0.717) is 19.3 Å². The fraction of sp³-hybridized carbons (Fsp3) is 0.667. The molecule has 0 amide bonds. The van der Waals surface area contributed by atoms with Crippen LogP contribution in [0.15, 0.2) is 97.2 Å². The number of carbonyl (C=O) groups excluding carboxylic acids is 3. The van der Waals surface area contributed by atoms with Gasteiger partial charge in [0.15, 0.2) is 6.10 Å². The van der Waals surface area contributed by atoms with Crippen molar-refractivity contribution in [2.24, 2.45) is 0 Å². The fourth-order valence-corrected chi connectivity index (χ4v) is 6.88. The molecule has 0 fully saturated rings. The van der Waals surface area contributed by atoms with Gasteiger partial charge in [0.05, 0.1) is 0 Å². The zero-order valence-electron chi connectivity index (χ0n) is 40.8. The second-order valence-corrected chi connectivity index (χ2v) is 16.9. The highest BCUT2D eigenvalue weighted by molar-refractivity contribution is 5.71. The Morgan fingerprint density at radius 3 is 1.21 bits per heavy atom. The first-order valence-electron chi connectivity index (χ1n) is 25.8. The molecule has 0 spiro atoms. The molecule has 0 aliphatic carbocycles. The quantitative estimate of drug-likeness (QED) is 0.0199. The minimum absolute atomic E-state index is 0.117. The van der Waals surface area contributed by atoms with Gasteiger partial charge in [-0.3, -0.25) is 14.4 Å². The molecule has 0 aliphatic rings. The lowest BCUT2D eigenvalue weighted by Crippen LogP contribution is -2.30. The van der Waals surface area contributed by atoms with Crippen molar-refractivity contribution < 1.29 is 28.6 Å². The summed E-state index contributed by atoms with van der Waals surface area (Å²) in [4.78, 5) is 37.9. The Balaban J connectivity index is 4.53. The van der Waals surface area contributed by atoms with Crippen LogP contribution in [0, 0.1) is 0 Å². The van der Waals surface area contributed by atoms with E-state index in [-0.39, 0.29) is 37.5 Å². The van der Waals surface area contributed by atoms with Gasteiger partial charge < -0.3 is 14.2 Å². The monoisotopic (exact) mass is 875 g/mol. The number of carbonyl (C=O) groups is 3. The van der Waals surface area contributed by atoms with Gasteiger partial charge in [0, 0.05) is 19.3 Å². The molecule has 0 aromatic heterocycles. The van der Waals surface area contributed by atoms with E-state index in [4.69, 9.17) is 14.2 Å². The Bertz CT molecular complexity index is 1280. The van der Waals surface area contributed by atoms with Crippen molar-refractivity contribution in [2.45, 2.75) is 232 Å². The van der Waals surface area contributed by atoms with E-state index in [1.807, 2.05) is 66.8 Å². The Morgan fingerprint density at radius 2 is 0.714 bits per heavy atom. The predicted molar refractivity (Wildman–Crippen MR) is 270 cm³/mol. The molecule has 0 radical (unpaired) electrons. The van der Waals surface area contributed by atoms with E-state index in [2.05, 4.69) is 51.2 Å². The van der Waals surface area contributed by atoms with E-state index >= 15 is 0 Å². The SMILES string of the molecule is CC\C=C/C=C\C=C/C=C\C=C\C=C/CCCCCC(=O)OCC(COC(=O)CC/C=C\C/C=C\CCCCCCCC)OC(=O)CCCCCCCCCCCCCCCCC. The third-order valence-electron chi connectivity index (χ3n) is 10.7. The third kappa shape index (κ3) is 49.2. The van der Waals surface area contributed by atoms with Crippen LogP contribution in [0.4, 0.5) is 0 Å². The molecule has 0 aromatic rings. The average molecular weight is 875 g/mol. The molecule has 0 saturated heterocycles. The molecule has 0 rings (SSSR count). The zero-order chi connectivity index (χ0) is 45.8. The molecule has 0 heterocycles. The molecule has 0 aliphatic heterocycles. The van der Waals surface area contributed by atoms with Crippen LogP contribution in [0.3, 0.4) is 0 Å². The number of hydrogen-bond donors (Lipinski definition) is 0. The van der Waals surface area contributed by atoms with Crippen LogP contribution in [0.5, 0.6) is 0 Å². The van der Waals surface area contributed by atoms with Crippen molar-refractivity contribution in [1.82, 2.24) is 0 Å². The van der Waals surface area contributed by atoms with Gasteiger partial charge in [-0.1, -0.05) is 246 Å². The van der Waals surface area contributed by atoms with E-state index < -0.39 is 6.10 Å². The van der Waals surface area contributed by atoms with Gasteiger partial charge in [-0.15, -0.1) is 0 Å². The summed E-state index contributed by atoms with van der Waals surface area (Å²) in [5.74, 6) is -1.03. The lowest BCUT2D eigenvalue weighted by Gasteiger charge is -2.18. The van der Waals surface area contributed by atoms with Crippen LogP contribution in [0.25, 0.3) is 0 Å². The van der Waals surface area contributed by atoms with Crippen molar-refractivity contribution >= 4 is 17.9 Å². The summed E-state index contributed by atoms with van der Waals surface area (Å²) in [5.41, 5.74) is 0. The van der Waals surface area contributed by atoms with Crippen molar-refractivity contribution in [3.8, 4) is 0 Å². The second kappa shape index (κ2) is 51.0. The Morgan fingerprint density at radius 1 is 0.349 bits per heavy atom. The van der Waals surface area contributed by atoms with Gasteiger partial charge in [0.1, 0.15) is 13.2 Å². The number of unbranched alkanes of at least 4 members (excludes halogenated alkanes) is 23. The number of esters is 3. The maximum Gasteiger partial charge on any atom is 0.306 e. The van der Waals surface area contributed by atoms with Crippen LogP contribution in [-0.2, 0) is 28.6 Å². The van der Waals surface area contributed by atoms with Crippen molar-refractivity contribution in [3.63, 3.8) is 0 Å². The summed E-state index contributed by atoms with van der Waals surface area (Å²) >= 11 is 0. The highest BCUT2D eigenvalue weighted by atomic mass is 16.6. The molecular formula is C57H94O6. The lowest BCUT2D eigenvalue weighted by atomic mass is 10.0. The van der Waals surface area contributed by atoms with Crippen LogP contribution >= 0.6 is 0 Å². The van der Waals surface area contributed by atoms with Crippen molar-refractivity contribution in [2.75, 3.05) is 13.2 Å². The normalized spacial score (nSPS) is 12.9. The standard InChI is InChI=1S/C57H94O6/c1-4-7-10-13-16-19-22-25-27-28-30-32-35-38-41-44-47-50-56(59)62-53-54(52-61-55(58)49-46-43-40-37-34-31-24-21-18-15-12-9-6-3)63-57(60)51-48-45-42-39-36-33-29-26-23-20-17-14-11-8-5-2/h7,10,13,16,19,22,25,27-28,30-32,34-35,40,43,54H,4-6,8-9,11-12,14-15,17-18,20-21,23-24,26,29,33,36-39,41-42,44-53H2,1-3H3/b10-7-,16-13-,22-19-,27-25-,30-28+,34-31-,35-32-,43-40-. The summed E-state index contributed by atoms with van der Waals surface area (Å²) in [6.07, 6.45) is 66.8. The summed E-state index contributed by atoms with van der Waals surface area (Å²) in [6.45, 7) is 6.39. The molecule has 63 heavy (non-hydrogen) atoms. The highest BCUT2D eigenvalue weighted by Gasteiger charge is 2.19. The Labute approximate surface area is 387 Å². The predicted octanol–water partition coefficient (Wildman–Crippen LogP) is 17.0. The average Bonchev–Trinajstić information content (AvgIpc) is 3.28. The Hall–Kier alpha value is -3.67. The molecule has 358 valence electrons. The minimum Gasteiger partial charge on any atom is -0.462 e. The molecule has 6 nitrogen and oxygen atoms in total. The van der Waals surface area contributed by atoms with Crippen LogP contribution < -0.4 is 0 Å².